The highest BCUT2D eigenvalue weighted by molar-refractivity contribution is 9.10. The van der Waals surface area contributed by atoms with Crippen LogP contribution in [0.2, 0.25) is 0 Å². The second kappa shape index (κ2) is 6.10. The Morgan fingerprint density at radius 3 is 2.70 bits per heavy atom. The third kappa shape index (κ3) is 3.11. The molecule has 0 radical (unpaired) electrons. The molecule has 23 heavy (non-hydrogen) atoms. The Morgan fingerprint density at radius 1 is 1.26 bits per heavy atom. The van der Waals surface area contributed by atoms with Gasteiger partial charge in [-0.1, -0.05) is 22.0 Å². The number of rotatable bonds is 2. The lowest BCUT2D eigenvalue weighted by molar-refractivity contribution is -0.122. The number of furan rings is 1. The molecule has 0 saturated carbocycles. The van der Waals surface area contributed by atoms with E-state index in [4.69, 9.17) is 16.6 Å². The fraction of sp³-hybridized carbons (Fsp3) is 0.0625. The molecular formula is C16H11BrN2O3S. The highest BCUT2D eigenvalue weighted by Gasteiger charge is 2.34. The number of nitrogens with one attached hydrogen (secondary N) is 1. The van der Waals surface area contributed by atoms with Gasteiger partial charge in [0, 0.05) is 4.47 Å². The van der Waals surface area contributed by atoms with Crippen LogP contribution in [-0.4, -0.2) is 16.9 Å². The fourth-order valence-electron chi connectivity index (χ4n) is 2.18. The van der Waals surface area contributed by atoms with Crippen molar-refractivity contribution < 1.29 is 14.0 Å². The number of aryl methyl sites for hydroxylation is 1. The lowest BCUT2D eigenvalue weighted by Crippen LogP contribution is -2.54. The van der Waals surface area contributed by atoms with E-state index in [1.165, 1.54) is 11.0 Å². The van der Waals surface area contributed by atoms with Crippen molar-refractivity contribution in [3.63, 3.8) is 0 Å². The highest BCUT2D eigenvalue weighted by Crippen LogP contribution is 2.25. The Morgan fingerprint density at radius 2 is 2.04 bits per heavy atom. The molecule has 1 aromatic heterocycles. The summed E-state index contributed by atoms with van der Waals surface area (Å²) in [6.07, 6.45) is 1.41. The second-order valence-corrected chi connectivity index (χ2v) is 6.19. The number of anilines is 1. The predicted molar refractivity (Wildman–Crippen MR) is 93.8 cm³/mol. The van der Waals surface area contributed by atoms with Gasteiger partial charge < -0.3 is 4.42 Å². The smallest absolute Gasteiger partial charge is 0.270 e. The first-order valence-electron chi connectivity index (χ1n) is 6.69. The first-order valence-corrected chi connectivity index (χ1v) is 7.89. The number of benzene rings is 1. The molecule has 2 amide bonds. The summed E-state index contributed by atoms with van der Waals surface area (Å²) in [5, 5.41) is 2.57. The number of hydrogen-bond acceptors (Lipinski definition) is 4. The summed E-state index contributed by atoms with van der Waals surface area (Å²) >= 11 is 8.49. The summed E-state index contributed by atoms with van der Waals surface area (Å²) in [6, 6.07) is 10.6. The zero-order valence-electron chi connectivity index (χ0n) is 12.0. The van der Waals surface area contributed by atoms with Crippen molar-refractivity contribution in [1.82, 2.24) is 5.32 Å². The van der Waals surface area contributed by atoms with Gasteiger partial charge in [-0.3, -0.25) is 19.8 Å². The number of thiocarbonyl (C=S) groups is 1. The molecule has 5 nitrogen and oxygen atoms in total. The van der Waals surface area contributed by atoms with Gasteiger partial charge in [-0.05, 0) is 55.5 Å². The van der Waals surface area contributed by atoms with Crippen LogP contribution in [0.3, 0.4) is 0 Å². The van der Waals surface area contributed by atoms with E-state index in [1.54, 1.807) is 37.3 Å². The minimum Gasteiger partial charge on any atom is -0.462 e. The number of nitrogens with zero attached hydrogens (tertiary/aromatic N) is 1. The van der Waals surface area contributed by atoms with Gasteiger partial charge in [-0.2, -0.15) is 0 Å². The van der Waals surface area contributed by atoms with Crippen LogP contribution < -0.4 is 10.2 Å². The van der Waals surface area contributed by atoms with Gasteiger partial charge in [0.25, 0.3) is 11.8 Å². The summed E-state index contributed by atoms with van der Waals surface area (Å²) in [5.41, 5.74) is 0.531. The fourth-order valence-corrected chi connectivity index (χ4v) is 2.85. The van der Waals surface area contributed by atoms with Gasteiger partial charge in [0.2, 0.25) is 0 Å². The van der Waals surface area contributed by atoms with Crippen LogP contribution in [0.25, 0.3) is 6.08 Å². The van der Waals surface area contributed by atoms with Crippen molar-refractivity contribution in [2.24, 2.45) is 0 Å². The monoisotopic (exact) mass is 390 g/mol. The average Bonchev–Trinajstić information content (AvgIpc) is 2.89. The maximum Gasteiger partial charge on any atom is 0.270 e. The molecule has 0 unspecified atom stereocenters. The minimum absolute atomic E-state index is 0.0343. The Labute approximate surface area is 146 Å². The molecule has 1 saturated heterocycles. The average molecular weight is 391 g/mol. The molecule has 1 fully saturated rings. The van der Waals surface area contributed by atoms with Gasteiger partial charge >= 0.3 is 0 Å². The van der Waals surface area contributed by atoms with Crippen LogP contribution in [0.15, 0.2) is 50.9 Å². The van der Waals surface area contributed by atoms with Gasteiger partial charge in [-0.15, -0.1) is 0 Å². The maximum atomic E-state index is 12.7. The first-order chi connectivity index (χ1) is 11.0. The summed E-state index contributed by atoms with van der Waals surface area (Å²) in [5.74, 6) is 0.0918. The third-order valence-electron chi connectivity index (χ3n) is 3.22. The highest BCUT2D eigenvalue weighted by atomic mass is 79.9. The predicted octanol–water partition coefficient (Wildman–Crippen LogP) is 3.18. The number of amides is 2. The number of hydrogen-bond donors (Lipinski definition) is 1. The lowest BCUT2D eigenvalue weighted by Gasteiger charge is -2.28. The summed E-state index contributed by atoms with van der Waals surface area (Å²) in [4.78, 5) is 26.1. The molecule has 3 rings (SSSR count). The van der Waals surface area contributed by atoms with Gasteiger partial charge in [-0.25, -0.2) is 0 Å². The molecule has 2 aromatic rings. The van der Waals surface area contributed by atoms with E-state index in [-0.39, 0.29) is 10.7 Å². The quantitative estimate of drug-likeness (QED) is 0.485. The van der Waals surface area contributed by atoms with Crippen molar-refractivity contribution in [1.29, 1.82) is 0 Å². The van der Waals surface area contributed by atoms with E-state index < -0.39 is 11.8 Å². The van der Waals surface area contributed by atoms with Crippen molar-refractivity contribution >= 4 is 56.8 Å². The Kier molecular flexibility index (Phi) is 4.14. The second-order valence-electron chi connectivity index (χ2n) is 4.89. The summed E-state index contributed by atoms with van der Waals surface area (Å²) < 4.78 is 6.20. The summed E-state index contributed by atoms with van der Waals surface area (Å²) in [7, 11) is 0. The largest absolute Gasteiger partial charge is 0.462 e. The minimum atomic E-state index is -0.541. The van der Waals surface area contributed by atoms with E-state index in [0.717, 1.165) is 4.47 Å². The van der Waals surface area contributed by atoms with Crippen molar-refractivity contribution in [3.8, 4) is 0 Å². The maximum absolute atomic E-state index is 12.7. The molecule has 0 aliphatic carbocycles. The molecule has 1 aliphatic rings. The lowest BCUT2D eigenvalue weighted by atomic mass is 10.1. The van der Waals surface area contributed by atoms with Gasteiger partial charge in [0.05, 0.1) is 5.69 Å². The topological polar surface area (TPSA) is 62.6 Å². The Bertz CT molecular complexity index is 857. The number of carbonyl (C=O) groups excluding carboxylic acids is 2. The molecule has 0 atom stereocenters. The van der Waals surface area contributed by atoms with Crippen LogP contribution in [0.4, 0.5) is 5.69 Å². The SMILES string of the molecule is Cc1ccc(C=C2C(=O)NC(=S)N(c3cccc(Br)c3)C2=O)o1. The first kappa shape index (κ1) is 15.6. The van der Waals surface area contributed by atoms with E-state index >= 15 is 0 Å². The Hall–Kier alpha value is -2.25. The van der Waals surface area contributed by atoms with Gasteiger partial charge in [0.1, 0.15) is 17.1 Å². The molecule has 2 heterocycles. The van der Waals surface area contributed by atoms with E-state index in [0.29, 0.717) is 17.2 Å². The van der Waals surface area contributed by atoms with Crippen LogP contribution in [0, 0.1) is 6.92 Å². The molecule has 0 spiro atoms. The van der Waals surface area contributed by atoms with Crippen LogP contribution >= 0.6 is 28.1 Å². The number of carbonyl (C=O) groups is 2. The zero-order chi connectivity index (χ0) is 16.6. The van der Waals surface area contributed by atoms with Crippen LogP contribution in [0.5, 0.6) is 0 Å². The Balaban J connectivity index is 2.02. The van der Waals surface area contributed by atoms with Crippen molar-refractivity contribution in [3.05, 3.63) is 58.0 Å². The van der Waals surface area contributed by atoms with E-state index in [9.17, 15) is 9.59 Å². The van der Waals surface area contributed by atoms with E-state index in [1.807, 2.05) is 6.07 Å². The summed E-state index contributed by atoms with van der Waals surface area (Å²) in [6.45, 7) is 1.79. The molecule has 0 bridgehead atoms. The number of halogens is 1. The van der Waals surface area contributed by atoms with Crippen molar-refractivity contribution in [2.45, 2.75) is 6.92 Å². The normalized spacial score (nSPS) is 16.9. The standard InChI is InChI=1S/C16H11BrN2O3S/c1-9-5-6-12(22-9)8-13-14(20)18-16(23)19(15(13)21)11-4-2-3-10(17)7-11/h2-8H,1H3,(H,18,20,23). The molecule has 1 aliphatic heterocycles. The van der Waals surface area contributed by atoms with Crippen LogP contribution in [0.1, 0.15) is 11.5 Å². The molecule has 116 valence electrons. The van der Waals surface area contributed by atoms with Crippen LogP contribution in [-0.2, 0) is 9.59 Å². The molecular weight excluding hydrogens is 380 g/mol. The molecule has 1 aromatic carbocycles. The molecule has 1 N–H and O–H groups in total. The molecule has 7 heteroatoms. The van der Waals surface area contributed by atoms with Gasteiger partial charge in [0.15, 0.2) is 5.11 Å². The zero-order valence-corrected chi connectivity index (χ0v) is 14.4. The van der Waals surface area contributed by atoms with E-state index in [2.05, 4.69) is 21.2 Å². The third-order valence-corrected chi connectivity index (χ3v) is 3.99. The van der Waals surface area contributed by atoms with Crippen molar-refractivity contribution in [2.75, 3.05) is 4.90 Å².